The van der Waals surface area contributed by atoms with Gasteiger partial charge < -0.3 is 44.5 Å². The van der Waals surface area contributed by atoms with E-state index in [4.69, 9.17) is 14.2 Å². The van der Waals surface area contributed by atoms with E-state index < -0.39 is 0 Å². The van der Waals surface area contributed by atoms with Crippen LogP contribution in [0.5, 0.6) is 17.2 Å². The zero-order valence-electron chi connectivity index (χ0n) is 35.3. The molecule has 4 atom stereocenters. The van der Waals surface area contributed by atoms with Crippen LogP contribution in [0.4, 0.5) is 15.8 Å². The number of piperidine rings is 1. The van der Waals surface area contributed by atoms with Crippen LogP contribution in [0, 0.1) is 11.7 Å². The molecule has 12 nitrogen and oxygen atoms in total. The van der Waals surface area contributed by atoms with Crippen LogP contribution in [0.15, 0.2) is 78.9 Å². The highest BCUT2D eigenvalue weighted by atomic mass is 19.1. The summed E-state index contributed by atoms with van der Waals surface area (Å²) in [4.78, 5) is 39.6. The first-order chi connectivity index (χ1) is 30.2. The lowest BCUT2D eigenvalue weighted by molar-refractivity contribution is -0.120. The highest BCUT2D eigenvalue weighted by Gasteiger charge is 2.45. The van der Waals surface area contributed by atoms with E-state index in [2.05, 4.69) is 49.6 Å². The molecule has 0 aromatic heterocycles. The highest BCUT2D eigenvalue weighted by molar-refractivity contribution is 6.00. The third kappa shape index (κ3) is 8.44. The number of piperazine rings is 1. The van der Waals surface area contributed by atoms with Gasteiger partial charge >= 0.3 is 0 Å². The third-order valence-corrected chi connectivity index (χ3v) is 13.7. The van der Waals surface area contributed by atoms with Gasteiger partial charge in [-0.05, 0) is 73.1 Å². The SMILES string of the molecule is CNC(=O)CCCC=O.O=C1NCc2c1ccc1c2OCC2CN(CC3COC4(CCN(c5ccc(C6c7ccc(O)cc7OCC6c6ccccc6)cc5F)CC4)C3)CCN12. The number of halogens is 1. The molecule has 4 aromatic carbocycles. The molecule has 326 valence electrons. The molecule has 4 aromatic rings. The van der Waals surface area contributed by atoms with Gasteiger partial charge in [-0.3, -0.25) is 14.5 Å². The number of benzene rings is 4. The number of hydrogen-bond acceptors (Lipinski definition) is 10. The minimum Gasteiger partial charge on any atom is -0.508 e. The number of carbonyl (C=O) groups excluding carboxylic acids is 3. The fourth-order valence-corrected chi connectivity index (χ4v) is 10.5. The van der Waals surface area contributed by atoms with Gasteiger partial charge in [0.15, 0.2) is 0 Å². The lowest BCUT2D eigenvalue weighted by atomic mass is 9.76. The van der Waals surface area contributed by atoms with Crippen molar-refractivity contribution in [3.8, 4) is 17.2 Å². The molecule has 3 saturated heterocycles. The fraction of sp³-hybridized carbons (Fsp3) is 0.449. The maximum absolute atomic E-state index is 16.1. The van der Waals surface area contributed by atoms with Crippen LogP contribution in [0.2, 0.25) is 0 Å². The number of fused-ring (bicyclic) bond motifs is 6. The summed E-state index contributed by atoms with van der Waals surface area (Å²) in [6, 6.07) is 25.6. The summed E-state index contributed by atoms with van der Waals surface area (Å²) < 4.78 is 35.2. The van der Waals surface area contributed by atoms with Crippen LogP contribution in [0.3, 0.4) is 0 Å². The molecule has 0 bridgehead atoms. The van der Waals surface area contributed by atoms with Crippen molar-refractivity contribution >= 4 is 29.5 Å². The maximum atomic E-state index is 16.1. The van der Waals surface area contributed by atoms with Crippen LogP contribution >= 0.6 is 0 Å². The first kappa shape index (κ1) is 41.7. The van der Waals surface area contributed by atoms with Crippen molar-refractivity contribution in [1.29, 1.82) is 0 Å². The zero-order chi connectivity index (χ0) is 42.8. The molecule has 6 aliphatic rings. The van der Waals surface area contributed by atoms with E-state index in [1.165, 1.54) is 0 Å². The van der Waals surface area contributed by atoms with Crippen molar-refractivity contribution in [2.24, 2.45) is 5.92 Å². The van der Waals surface area contributed by atoms with E-state index in [0.29, 0.717) is 62.4 Å². The number of aldehydes is 1. The topological polar surface area (TPSA) is 133 Å². The maximum Gasteiger partial charge on any atom is 0.252 e. The minimum absolute atomic E-state index is 0.00292. The van der Waals surface area contributed by atoms with Gasteiger partial charge in [0, 0.05) is 100 Å². The standard InChI is InChI=1S/C43H45FN4O5.C6H11NO2/c44-36-18-29(40-33-8-7-31(49)19-39(33)51-26-35(40)28-4-2-1-3-5-28)6-10-37(36)47-14-12-43(13-15-47)20-27(24-53-43)22-46-16-17-48-30(23-46)25-52-41-34-21-45-42(50)32(34)9-11-38(41)48;1-7-6(9)4-2-3-5-8/h1-11,18-19,27,30,35,40,49H,12-17,20-26H2,(H,45,50);5H,2-4H2,1H3,(H,7,9). The van der Waals surface area contributed by atoms with E-state index in [0.717, 1.165) is 111 Å². The van der Waals surface area contributed by atoms with Crippen molar-refractivity contribution in [1.82, 2.24) is 15.5 Å². The predicted octanol–water partition coefficient (Wildman–Crippen LogP) is 6.14. The Bertz CT molecular complexity index is 2280. The predicted molar refractivity (Wildman–Crippen MR) is 234 cm³/mol. The molecule has 3 N–H and O–H groups in total. The Kier molecular flexibility index (Phi) is 12.1. The lowest BCUT2D eigenvalue weighted by Crippen LogP contribution is -2.58. The second kappa shape index (κ2) is 18.0. The smallest absolute Gasteiger partial charge is 0.252 e. The number of phenols is 1. The average Bonchev–Trinajstić information content (AvgIpc) is 3.88. The summed E-state index contributed by atoms with van der Waals surface area (Å²) in [6.07, 6.45) is 5.23. The summed E-state index contributed by atoms with van der Waals surface area (Å²) in [6.45, 7) is 7.82. The number of nitrogens with zero attached hydrogens (tertiary/aromatic N) is 3. The molecule has 6 aliphatic heterocycles. The van der Waals surface area contributed by atoms with Crippen LogP contribution in [-0.4, -0.2) is 106 Å². The molecule has 13 heteroatoms. The van der Waals surface area contributed by atoms with Gasteiger partial charge in [-0.25, -0.2) is 4.39 Å². The van der Waals surface area contributed by atoms with E-state index in [1.54, 1.807) is 25.2 Å². The second-order valence-corrected chi connectivity index (χ2v) is 17.6. The fourth-order valence-electron chi connectivity index (χ4n) is 10.5. The molecule has 10 rings (SSSR count). The molecular weight excluding hydrogens is 790 g/mol. The largest absolute Gasteiger partial charge is 0.508 e. The summed E-state index contributed by atoms with van der Waals surface area (Å²) in [7, 11) is 1.59. The van der Waals surface area contributed by atoms with Gasteiger partial charge in [-0.2, -0.15) is 0 Å². The van der Waals surface area contributed by atoms with Crippen LogP contribution in [0.25, 0.3) is 0 Å². The average molecular weight is 846 g/mol. The van der Waals surface area contributed by atoms with Crippen LogP contribution in [-0.2, 0) is 20.9 Å². The Balaban J connectivity index is 0.000000493. The number of unbranched alkanes of at least 4 members (excludes halogenated alkanes) is 1. The number of aromatic hydroxyl groups is 1. The van der Waals surface area contributed by atoms with Gasteiger partial charge in [0.05, 0.1) is 36.2 Å². The number of nitrogens with one attached hydrogen (secondary N) is 2. The van der Waals surface area contributed by atoms with Crippen molar-refractivity contribution < 1.29 is 38.1 Å². The van der Waals surface area contributed by atoms with Gasteiger partial charge in [0.1, 0.15) is 36.0 Å². The molecule has 1 spiro atoms. The minimum atomic E-state index is -0.203. The molecular formula is C49H56FN5O7. The Morgan fingerprint density at radius 3 is 2.56 bits per heavy atom. The van der Waals surface area contributed by atoms with Crippen molar-refractivity contribution in [3.05, 3.63) is 112 Å². The normalized spacial score (nSPS) is 23.4. The van der Waals surface area contributed by atoms with Crippen molar-refractivity contribution in [3.63, 3.8) is 0 Å². The molecule has 2 amide bonds. The quantitative estimate of drug-likeness (QED) is 0.133. The summed E-state index contributed by atoms with van der Waals surface area (Å²) in [5.74, 6) is 1.86. The lowest BCUT2D eigenvalue weighted by Gasteiger charge is -2.46. The first-order valence-electron chi connectivity index (χ1n) is 22.1. The highest BCUT2D eigenvalue weighted by Crippen LogP contribution is 2.48. The summed E-state index contributed by atoms with van der Waals surface area (Å²) in [5.41, 5.74) is 6.37. The number of ether oxygens (including phenoxy) is 3. The molecule has 0 saturated carbocycles. The first-order valence-corrected chi connectivity index (χ1v) is 22.1. The summed E-state index contributed by atoms with van der Waals surface area (Å²) in [5, 5.41) is 15.5. The number of amides is 2. The molecule has 3 fully saturated rings. The van der Waals surface area contributed by atoms with E-state index in [1.807, 2.05) is 36.4 Å². The van der Waals surface area contributed by atoms with Gasteiger partial charge in [-0.1, -0.05) is 42.5 Å². The zero-order valence-corrected chi connectivity index (χ0v) is 35.3. The molecule has 62 heavy (non-hydrogen) atoms. The van der Waals surface area contributed by atoms with Crippen molar-refractivity contribution in [2.45, 2.75) is 68.5 Å². The summed E-state index contributed by atoms with van der Waals surface area (Å²) >= 11 is 0. The molecule has 4 unspecified atom stereocenters. The van der Waals surface area contributed by atoms with Crippen molar-refractivity contribution in [2.75, 3.05) is 75.9 Å². The number of hydrogen-bond donors (Lipinski definition) is 3. The Morgan fingerprint density at radius 2 is 1.77 bits per heavy atom. The molecule has 6 heterocycles. The van der Waals surface area contributed by atoms with E-state index >= 15 is 4.39 Å². The monoisotopic (exact) mass is 845 g/mol. The second-order valence-electron chi connectivity index (χ2n) is 17.6. The third-order valence-electron chi connectivity index (χ3n) is 13.7. The molecule has 0 aliphatic carbocycles. The number of carbonyl (C=O) groups is 3. The van der Waals surface area contributed by atoms with Gasteiger partial charge in [0.2, 0.25) is 5.91 Å². The number of rotatable bonds is 9. The van der Waals surface area contributed by atoms with Gasteiger partial charge in [0.25, 0.3) is 5.91 Å². The van der Waals surface area contributed by atoms with E-state index in [-0.39, 0.29) is 40.8 Å². The van der Waals surface area contributed by atoms with Crippen LogP contribution < -0.4 is 29.9 Å². The number of phenolic OH excluding ortho intramolecular Hbond substituents is 1. The van der Waals surface area contributed by atoms with Gasteiger partial charge in [-0.15, -0.1) is 0 Å². The Hall–Kier alpha value is -5.66. The van der Waals surface area contributed by atoms with Crippen LogP contribution in [0.1, 0.15) is 83.0 Å². The number of anilines is 2. The molecule has 0 radical (unpaired) electrons. The Morgan fingerprint density at radius 1 is 0.952 bits per heavy atom. The van der Waals surface area contributed by atoms with E-state index in [9.17, 15) is 19.5 Å². The Labute approximate surface area is 362 Å².